The van der Waals surface area contributed by atoms with Crippen molar-refractivity contribution in [2.75, 3.05) is 33.5 Å². The third kappa shape index (κ3) is 15.9. The van der Waals surface area contributed by atoms with Gasteiger partial charge < -0.3 is 42.6 Å². The second-order valence-electron chi connectivity index (χ2n) is 15.7. The standard InChI is InChI=1S/C50H56O16/c1-4-44(51)61-30-8-6-28-59-37-18-22-39(23-19-37)63-46(53)33-10-12-35(13-11-33)48(55)65-41-26-27-43(42(32-41)50(57)58-3)66-49(56)36-16-14-34(15-17-36)47(54)64-40-24-20-38(21-25-40)60-29-7-9-31-62-45(52)5-2/h4-5,18-27,32-36H,1-2,6-17,28-31H2,3H3/t33-,34-,35-,36-. The number of carbonyl (C=O) groups is 7. The minimum Gasteiger partial charge on any atom is -0.494 e. The Morgan fingerprint density at radius 2 is 0.803 bits per heavy atom. The van der Waals surface area contributed by atoms with Gasteiger partial charge in [0.1, 0.15) is 40.1 Å². The normalized spacial score (nSPS) is 17.7. The average Bonchev–Trinajstić information content (AvgIpc) is 3.34. The van der Waals surface area contributed by atoms with E-state index >= 15 is 0 Å². The summed E-state index contributed by atoms with van der Waals surface area (Å²) in [6.07, 6.45) is 8.02. The number of methoxy groups -OCH3 is 1. The van der Waals surface area contributed by atoms with Gasteiger partial charge in [0.05, 0.1) is 57.2 Å². The van der Waals surface area contributed by atoms with Gasteiger partial charge in [-0.1, -0.05) is 13.2 Å². The maximum absolute atomic E-state index is 13.3. The van der Waals surface area contributed by atoms with Crippen LogP contribution in [0.15, 0.2) is 92.0 Å². The van der Waals surface area contributed by atoms with Crippen LogP contribution in [-0.4, -0.2) is 75.3 Å². The number of ether oxygens (including phenoxy) is 9. The maximum Gasteiger partial charge on any atom is 0.341 e. The van der Waals surface area contributed by atoms with Gasteiger partial charge in [0, 0.05) is 12.2 Å². The molecule has 0 atom stereocenters. The second kappa shape index (κ2) is 26.1. The van der Waals surface area contributed by atoms with E-state index in [1.54, 1.807) is 48.5 Å². The molecular formula is C50H56O16. The lowest BCUT2D eigenvalue weighted by atomic mass is 9.82. The average molecular weight is 913 g/mol. The fourth-order valence-electron chi connectivity index (χ4n) is 7.31. The minimum atomic E-state index is -0.799. The van der Waals surface area contributed by atoms with Crippen LogP contribution >= 0.6 is 0 Å². The Bertz CT molecular complexity index is 2150. The second-order valence-corrected chi connectivity index (χ2v) is 15.7. The number of rotatable bonds is 23. The van der Waals surface area contributed by atoms with Gasteiger partial charge in [0.25, 0.3) is 0 Å². The first-order valence-electron chi connectivity index (χ1n) is 22.1. The van der Waals surface area contributed by atoms with Crippen molar-refractivity contribution in [1.82, 2.24) is 0 Å². The zero-order valence-corrected chi connectivity index (χ0v) is 37.1. The lowest BCUT2D eigenvalue weighted by molar-refractivity contribution is -0.145. The Balaban J connectivity index is 1.01. The highest BCUT2D eigenvalue weighted by atomic mass is 16.6. The van der Waals surface area contributed by atoms with Gasteiger partial charge in [-0.05, 0) is 144 Å². The van der Waals surface area contributed by atoms with Crippen LogP contribution in [0.25, 0.3) is 0 Å². The summed E-state index contributed by atoms with van der Waals surface area (Å²) in [5.41, 5.74) is -0.105. The van der Waals surface area contributed by atoms with Crippen LogP contribution in [0, 0.1) is 23.7 Å². The molecule has 0 bridgehead atoms. The first kappa shape index (κ1) is 50.0. The number of unbranched alkanes of at least 4 members (excludes halogenated alkanes) is 2. The number of hydrogen-bond acceptors (Lipinski definition) is 16. The summed E-state index contributed by atoms with van der Waals surface area (Å²) < 4.78 is 48.7. The molecule has 16 heteroatoms. The first-order chi connectivity index (χ1) is 32.0. The maximum atomic E-state index is 13.3. The third-order valence-electron chi connectivity index (χ3n) is 11.1. The molecule has 3 aromatic carbocycles. The molecule has 0 aromatic heterocycles. The molecule has 2 aliphatic rings. The van der Waals surface area contributed by atoms with E-state index in [9.17, 15) is 33.6 Å². The molecule has 0 amide bonds. The van der Waals surface area contributed by atoms with Crippen molar-refractivity contribution in [3.63, 3.8) is 0 Å². The van der Waals surface area contributed by atoms with Crippen molar-refractivity contribution >= 4 is 41.8 Å². The molecule has 2 aliphatic carbocycles. The Morgan fingerprint density at radius 1 is 0.470 bits per heavy atom. The quantitative estimate of drug-likeness (QED) is 0.0292. The molecule has 0 unspecified atom stereocenters. The van der Waals surface area contributed by atoms with Crippen molar-refractivity contribution in [1.29, 1.82) is 0 Å². The molecule has 0 saturated heterocycles. The number of hydrogen-bond donors (Lipinski definition) is 0. The zero-order valence-electron chi connectivity index (χ0n) is 37.1. The summed E-state index contributed by atoms with van der Waals surface area (Å²) in [7, 11) is 1.18. The highest BCUT2D eigenvalue weighted by Gasteiger charge is 2.34. The smallest absolute Gasteiger partial charge is 0.341 e. The Hall–Kier alpha value is -6.97. The van der Waals surface area contributed by atoms with Gasteiger partial charge in [-0.15, -0.1) is 0 Å². The van der Waals surface area contributed by atoms with Crippen molar-refractivity contribution in [3.05, 3.63) is 97.6 Å². The molecule has 0 N–H and O–H groups in total. The van der Waals surface area contributed by atoms with Crippen molar-refractivity contribution in [2.45, 2.75) is 77.0 Å². The lowest BCUT2D eigenvalue weighted by Crippen LogP contribution is -2.31. The van der Waals surface area contributed by atoms with E-state index in [1.165, 1.54) is 25.3 Å². The van der Waals surface area contributed by atoms with Crippen LogP contribution in [0.4, 0.5) is 0 Å². The van der Waals surface area contributed by atoms with Crippen LogP contribution in [0.3, 0.4) is 0 Å². The molecule has 0 heterocycles. The van der Waals surface area contributed by atoms with E-state index in [1.807, 2.05) is 0 Å². The number of benzene rings is 3. The molecular weight excluding hydrogens is 857 g/mol. The summed E-state index contributed by atoms with van der Waals surface area (Å²) in [5.74, 6) is -3.51. The number of esters is 7. The van der Waals surface area contributed by atoms with Crippen LogP contribution in [-0.2, 0) is 43.0 Å². The summed E-state index contributed by atoms with van der Waals surface area (Å²) >= 11 is 0. The van der Waals surface area contributed by atoms with Crippen molar-refractivity contribution < 1.29 is 76.2 Å². The summed E-state index contributed by atoms with van der Waals surface area (Å²) in [5, 5.41) is 0. The highest BCUT2D eigenvalue weighted by Crippen LogP contribution is 2.35. The fourth-order valence-corrected chi connectivity index (χ4v) is 7.31. The van der Waals surface area contributed by atoms with Gasteiger partial charge in [-0.2, -0.15) is 0 Å². The molecule has 0 aliphatic heterocycles. The van der Waals surface area contributed by atoms with Gasteiger partial charge >= 0.3 is 41.8 Å². The zero-order chi connectivity index (χ0) is 47.3. The monoisotopic (exact) mass is 912 g/mol. The molecule has 16 nitrogen and oxygen atoms in total. The lowest BCUT2D eigenvalue weighted by Gasteiger charge is -2.26. The fraction of sp³-hybridized carbons (Fsp3) is 0.420. The van der Waals surface area contributed by atoms with Gasteiger partial charge in [-0.3, -0.25) is 19.2 Å². The van der Waals surface area contributed by atoms with Crippen LogP contribution in [0.5, 0.6) is 34.5 Å². The molecule has 5 rings (SSSR count). The first-order valence-corrected chi connectivity index (χ1v) is 22.1. The molecule has 0 radical (unpaired) electrons. The van der Waals surface area contributed by atoms with E-state index in [2.05, 4.69) is 13.2 Å². The minimum absolute atomic E-state index is 0.0588. The van der Waals surface area contributed by atoms with Gasteiger partial charge in [0.15, 0.2) is 0 Å². The molecule has 66 heavy (non-hydrogen) atoms. The summed E-state index contributed by atoms with van der Waals surface area (Å²) in [6.45, 7) is 8.12. The Labute approximate surface area is 383 Å². The predicted molar refractivity (Wildman–Crippen MR) is 236 cm³/mol. The van der Waals surface area contributed by atoms with E-state index in [0.717, 1.165) is 12.2 Å². The van der Waals surface area contributed by atoms with Crippen molar-refractivity contribution in [2.24, 2.45) is 23.7 Å². The molecule has 2 saturated carbocycles. The molecule has 3 aromatic rings. The summed E-state index contributed by atoms with van der Waals surface area (Å²) in [4.78, 5) is 87.4. The molecule has 2 fully saturated rings. The van der Waals surface area contributed by atoms with E-state index in [0.29, 0.717) is 113 Å². The van der Waals surface area contributed by atoms with E-state index in [4.69, 9.17) is 42.6 Å². The number of carbonyl (C=O) groups excluding carboxylic acids is 7. The highest BCUT2D eigenvalue weighted by molar-refractivity contribution is 5.94. The van der Waals surface area contributed by atoms with Crippen LogP contribution < -0.4 is 28.4 Å². The van der Waals surface area contributed by atoms with Gasteiger partial charge in [-0.25, -0.2) is 14.4 Å². The Morgan fingerprint density at radius 3 is 1.18 bits per heavy atom. The van der Waals surface area contributed by atoms with E-state index < -0.39 is 65.5 Å². The largest absolute Gasteiger partial charge is 0.494 e. The molecule has 352 valence electrons. The SMILES string of the molecule is C=CC(=O)OCCCCOc1ccc(OC(=O)[C@H]2CC[C@H](C(=O)Oc3ccc(OC(=O)[C@H]4CC[C@H](C(=O)Oc5ccc(OCCCCOC(=O)C=C)cc5)CC4)c(C(=O)OC)c3)CC2)cc1. The van der Waals surface area contributed by atoms with E-state index in [-0.39, 0.29) is 30.3 Å². The third-order valence-corrected chi connectivity index (χ3v) is 11.1. The predicted octanol–water partition coefficient (Wildman–Crippen LogP) is 7.88. The topological polar surface area (TPSA) is 203 Å². The van der Waals surface area contributed by atoms with Crippen LogP contribution in [0.1, 0.15) is 87.4 Å². The van der Waals surface area contributed by atoms with Gasteiger partial charge in [0.2, 0.25) is 0 Å². The Kier molecular flexibility index (Phi) is 19.8. The van der Waals surface area contributed by atoms with Crippen LogP contribution in [0.2, 0.25) is 0 Å². The van der Waals surface area contributed by atoms with Crippen molar-refractivity contribution in [3.8, 4) is 34.5 Å². The molecule has 0 spiro atoms. The summed E-state index contributed by atoms with van der Waals surface area (Å²) in [6, 6.07) is 17.4.